The number of amides is 1. The van der Waals surface area contributed by atoms with Gasteiger partial charge >= 0.3 is 0 Å². The standard InChI is InChI=1S/C15H21FN2O/c1-10-5-4-8-17-14(10)15(19)18-11(2)12-6-3-7-13(16)9-12/h3,6-7,9-11,14,17H,4-5,8H2,1-2H3,(H,18,19). The molecule has 0 aromatic heterocycles. The average molecular weight is 264 g/mol. The number of carbonyl (C=O) groups excluding carboxylic acids is 1. The molecule has 1 aliphatic rings. The van der Waals surface area contributed by atoms with E-state index in [1.807, 2.05) is 13.0 Å². The van der Waals surface area contributed by atoms with E-state index in [1.54, 1.807) is 6.07 Å². The summed E-state index contributed by atoms with van der Waals surface area (Å²) < 4.78 is 13.2. The maximum Gasteiger partial charge on any atom is 0.237 e. The summed E-state index contributed by atoms with van der Waals surface area (Å²) in [6.45, 7) is 4.85. The third-order valence-corrected chi connectivity index (χ3v) is 3.76. The second-order valence-electron chi connectivity index (χ2n) is 5.34. The van der Waals surface area contributed by atoms with Crippen molar-refractivity contribution in [1.82, 2.24) is 10.6 Å². The fraction of sp³-hybridized carbons (Fsp3) is 0.533. The van der Waals surface area contributed by atoms with Crippen LogP contribution in [-0.4, -0.2) is 18.5 Å². The van der Waals surface area contributed by atoms with Crippen LogP contribution in [0.2, 0.25) is 0 Å². The summed E-state index contributed by atoms with van der Waals surface area (Å²) >= 11 is 0. The summed E-state index contributed by atoms with van der Waals surface area (Å²) in [5, 5.41) is 6.21. The van der Waals surface area contributed by atoms with Crippen LogP contribution < -0.4 is 10.6 Å². The Hall–Kier alpha value is -1.42. The minimum Gasteiger partial charge on any atom is -0.348 e. The third kappa shape index (κ3) is 3.53. The van der Waals surface area contributed by atoms with E-state index in [4.69, 9.17) is 0 Å². The molecular weight excluding hydrogens is 243 g/mol. The van der Waals surface area contributed by atoms with Gasteiger partial charge in [-0.1, -0.05) is 19.1 Å². The monoisotopic (exact) mass is 264 g/mol. The summed E-state index contributed by atoms with van der Waals surface area (Å²) in [5.41, 5.74) is 0.789. The average Bonchev–Trinajstić information content (AvgIpc) is 2.39. The number of halogens is 1. The van der Waals surface area contributed by atoms with E-state index in [-0.39, 0.29) is 23.8 Å². The van der Waals surface area contributed by atoms with Crippen molar-refractivity contribution < 1.29 is 9.18 Å². The minimum absolute atomic E-state index is 0.00367. The first-order chi connectivity index (χ1) is 9.08. The molecule has 2 rings (SSSR count). The summed E-state index contributed by atoms with van der Waals surface area (Å²) in [4.78, 5) is 12.2. The van der Waals surface area contributed by atoms with Crippen molar-refractivity contribution in [2.75, 3.05) is 6.54 Å². The van der Waals surface area contributed by atoms with Gasteiger partial charge in [0.2, 0.25) is 5.91 Å². The van der Waals surface area contributed by atoms with Gasteiger partial charge < -0.3 is 10.6 Å². The quantitative estimate of drug-likeness (QED) is 0.880. The number of hydrogen-bond acceptors (Lipinski definition) is 2. The van der Waals surface area contributed by atoms with Crippen molar-refractivity contribution in [3.05, 3.63) is 35.6 Å². The lowest BCUT2D eigenvalue weighted by molar-refractivity contribution is -0.125. The molecule has 1 aromatic rings. The second-order valence-corrected chi connectivity index (χ2v) is 5.34. The van der Waals surface area contributed by atoms with Crippen LogP contribution in [0.3, 0.4) is 0 Å². The van der Waals surface area contributed by atoms with E-state index in [9.17, 15) is 9.18 Å². The zero-order chi connectivity index (χ0) is 13.8. The predicted molar refractivity (Wildman–Crippen MR) is 73.1 cm³/mol. The molecule has 0 saturated carbocycles. The van der Waals surface area contributed by atoms with Crippen LogP contribution in [-0.2, 0) is 4.79 Å². The molecule has 1 fully saturated rings. The predicted octanol–water partition coefficient (Wildman–Crippen LogP) is 2.39. The number of piperidine rings is 1. The Bertz CT molecular complexity index is 450. The van der Waals surface area contributed by atoms with Gasteiger partial charge in [0, 0.05) is 0 Å². The van der Waals surface area contributed by atoms with Crippen molar-refractivity contribution in [1.29, 1.82) is 0 Å². The lowest BCUT2D eigenvalue weighted by Gasteiger charge is -2.30. The highest BCUT2D eigenvalue weighted by molar-refractivity contribution is 5.82. The smallest absolute Gasteiger partial charge is 0.237 e. The van der Waals surface area contributed by atoms with E-state index < -0.39 is 0 Å². The summed E-state index contributed by atoms with van der Waals surface area (Å²) in [6.07, 6.45) is 2.18. The summed E-state index contributed by atoms with van der Waals surface area (Å²) in [6, 6.07) is 6.04. The molecule has 0 aliphatic carbocycles. The molecule has 1 saturated heterocycles. The van der Waals surface area contributed by atoms with Crippen LogP contribution in [0.25, 0.3) is 0 Å². The minimum atomic E-state index is -0.275. The molecule has 3 unspecified atom stereocenters. The van der Waals surface area contributed by atoms with Gasteiger partial charge in [-0.2, -0.15) is 0 Å². The Labute approximate surface area is 113 Å². The number of benzene rings is 1. The van der Waals surface area contributed by atoms with Crippen LogP contribution in [0, 0.1) is 11.7 Å². The highest BCUT2D eigenvalue weighted by Crippen LogP contribution is 2.18. The van der Waals surface area contributed by atoms with Gasteiger partial charge in [-0.15, -0.1) is 0 Å². The molecule has 3 nitrogen and oxygen atoms in total. The van der Waals surface area contributed by atoms with Gasteiger partial charge in [-0.25, -0.2) is 4.39 Å². The molecule has 0 spiro atoms. The Morgan fingerprint density at radius 1 is 1.53 bits per heavy atom. The Kier molecular flexibility index (Phi) is 4.53. The molecule has 3 atom stereocenters. The normalized spacial score (nSPS) is 24.8. The molecule has 1 heterocycles. The Morgan fingerprint density at radius 2 is 2.32 bits per heavy atom. The highest BCUT2D eigenvalue weighted by Gasteiger charge is 2.28. The van der Waals surface area contributed by atoms with Crippen molar-refractivity contribution in [3.8, 4) is 0 Å². The van der Waals surface area contributed by atoms with E-state index in [0.717, 1.165) is 24.9 Å². The van der Waals surface area contributed by atoms with E-state index >= 15 is 0 Å². The molecule has 0 radical (unpaired) electrons. The number of hydrogen-bond donors (Lipinski definition) is 2. The van der Waals surface area contributed by atoms with Crippen molar-refractivity contribution >= 4 is 5.91 Å². The van der Waals surface area contributed by atoms with Gasteiger partial charge in [0.05, 0.1) is 12.1 Å². The first kappa shape index (κ1) is 14.0. The van der Waals surface area contributed by atoms with Gasteiger partial charge in [0.1, 0.15) is 5.82 Å². The van der Waals surface area contributed by atoms with Crippen LogP contribution in [0.1, 0.15) is 38.3 Å². The van der Waals surface area contributed by atoms with Crippen LogP contribution in [0.15, 0.2) is 24.3 Å². The fourth-order valence-corrected chi connectivity index (χ4v) is 2.56. The second kappa shape index (κ2) is 6.15. The first-order valence-electron chi connectivity index (χ1n) is 6.87. The Morgan fingerprint density at radius 3 is 3.00 bits per heavy atom. The molecule has 0 bridgehead atoms. The lowest BCUT2D eigenvalue weighted by Crippen LogP contribution is -2.51. The maximum absolute atomic E-state index is 13.2. The van der Waals surface area contributed by atoms with Crippen molar-refractivity contribution in [2.24, 2.45) is 5.92 Å². The van der Waals surface area contributed by atoms with Gasteiger partial charge in [0.25, 0.3) is 0 Å². The van der Waals surface area contributed by atoms with Crippen molar-refractivity contribution in [3.63, 3.8) is 0 Å². The van der Waals surface area contributed by atoms with Gasteiger partial charge in [-0.3, -0.25) is 4.79 Å². The fourth-order valence-electron chi connectivity index (χ4n) is 2.56. The number of rotatable bonds is 3. The van der Waals surface area contributed by atoms with Gasteiger partial charge in [-0.05, 0) is 49.9 Å². The molecule has 4 heteroatoms. The molecule has 1 amide bonds. The van der Waals surface area contributed by atoms with E-state index in [2.05, 4.69) is 17.6 Å². The van der Waals surface area contributed by atoms with Crippen LogP contribution in [0.5, 0.6) is 0 Å². The molecule has 19 heavy (non-hydrogen) atoms. The Balaban J connectivity index is 1.98. The summed E-state index contributed by atoms with van der Waals surface area (Å²) in [7, 11) is 0. The summed E-state index contributed by atoms with van der Waals surface area (Å²) in [5.74, 6) is 0.0696. The van der Waals surface area contributed by atoms with Crippen molar-refractivity contribution in [2.45, 2.75) is 38.8 Å². The molecule has 1 aromatic carbocycles. The third-order valence-electron chi connectivity index (χ3n) is 3.76. The molecule has 2 N–H and O–H groups in total. The SMILES string of the molecule is CC(NC(=O)C1NCCCC1C)c1cccc(F)c1. The van der Waals surface area contributed by atoms with Crippen LogP contribution >= 0.6 is 0 Å². The molecule has 104 valence electrons. The topological polar surface area (TPSA) is 41.1 Å². The highest BCUT2D eigenvalue weighted by atomic mass is 19.1. The van der Waals surface area contributed by atoms with E-state index in [1.165, 1.54) is 12.1 Å². The van der Waals surface area contributed by atoms with Gasteiger partial charge in [0.15, 0.2) is 0 Å². The first-order valence-corrected chi connectivity index (χ1v) is 6.87. The van der Waals surface area contributed by atoms with Crippen LogP contribution in [0.4, 0.5) is 4.39 Å². The lowest BCUT2D eigenvalue weighted by atomic mass is 9.92. The van der Waals surface area contributed by atoms with E-state index in [0.29, 0.717) is 5.92 Å². The zero-order valence-corrected chi connectivity index (χ0v) is 11.4. The molecular formula is C15H21FN2O. The maximum atomic E-state index is 13.2. The molecule has 1 aliphatic heterocycles. The number of nitrogens with one attached hydrogen (secondary N) is 2. The zero-order valence-electron chi connectivity index (χ0n) is 11.4. The largest absolute Gasteiger partial charge is 0.348 e. The number of carbonyl (C=O) groups is 1.